The van der Waals surface area contributed by atoms with Crippen molar-refractivity contribution in [3.05, 3.63) is 54.6 Å². The van der Waals surface area contributed by atoms with Crippen molar-refractivity contribution in [2.75, 3.05) is 22.5 Å². The van der Waals surface area contributed by atoms with E-state index in [1.807, 2.05) is 6.92 Å². The second-order valence-corrected chi connectivity index (χ2v) is 7.35. The number of amides is 1. The smallest absolute Gasteiger partial charge is 0.248 e. The van der Waals surface area contributed by atoms with Gasteiger partial charge in [0.25, 0.3) is 0 Å². The molecule has 0 bridgehead atoms. The fourth-order valence-corrected chi connectivity index (χ4v) is 3.65. The van der Waals surface area contributed by atoms with Crippen LogP contribution in [0.1, 0.15) is 13.8 Å². The summed E-state index contributed by atoms with van der Waals surface area (Å²) in [7, 11) is -3.63. The number of hydrogen-bond donors (Lipinski definition) is 1. The summed E-state index contributed by atoms with van der Waals surface area (Å²) < 4.78 is 31.0. The average molecular weight is 362 g/mol. The molecule has 1 N–H and O–H groups in total. The maximum atomic E-state index is 12.7. The predicted octanol–water partition coefficient (Wildman–Crippen LogP) is 2.88. The molecule has 25 heavy (non-hydrogen) atoms. The third kappa shape index (κ3) is 4.73. The molecule has 0 saturated heterocycles. The summed E-state index contributed by atoms with van der Waals surface area (Å²) in [5.41, 5.74) is 0.938. The molecule has 0 aliphatic heterocycles. The van der Waals surface area contributed by atoms with E-state index in [1.165, 1.54) is 0 Å². The molecular formula is C18H22N2O4S. The van der Waals surface area contributed by atoms with E-state index in [0.717, 1.165) is 10.6 Å². The molecule has 0 aliphatic carbocycles. The normalized spacial score (nSPS) is 12.3. The Hall–Kier alpha value is -2.54. The van der Waals surface area contributed by atoms with Crippen molar-refractivity contribution in [3.8, 4) is 5.75 Å². The lowest BCUT2D eigenvalue weighted by Crippen LogP contribution is -2.45. The fraction of sp³-hybridized carbons (Fsp3) is 0.278. The standard InChI is InChI=1S/C18H22N2O4S/c1-4-24-17-13-9-8-12-16(17)19-18(21)14(2)20(25(3,22)23)15-10-6-5-7-11-15/h5-14H,4H2,1-3H3,(H,19,21)/t14-/m0/s1. The van der Waals surface area contributed by atoms with Gasteiger partial charge < -0.3 is 10.1 Å². The number of carbonyl (C=O) groups is 1. The third-order valence-corrected chi connectivity index (χ3v) is 4.79. The summed E-state index contributed by atoms with van der Waals surface area (Å²) >= 11 is 0. The van der Waals surface area contributed by atoms with Gasteiger partial charge in [0.2, 0.25) is 15.9 Å². The molecule has 0 radical (unpaired) electrons. The molecule has 0 spiro atoms. The van der Waals surface area contributed by atoms with Crippen LogP contribution in [0.5, 0.6) is 5.75 Å². The average Bonchev–Trinajstić information content (AvgIpc) is 2.56. The summed E-state index contributed by atoms with van der Waals surface area (Å²) in [5.74, 6) is 0.0950. The van der Waals surface area contributed by atoms with Gasteiger partial charge in [-0.3, -0.25) is 9.10 Å². The van der Waals surface area contributed by atoms with Gasteiger partial charge in [-0.05, 0) is 38.1 Å². The minimum Gasteiger partial charge on any atom is -0.492 e. The number of nitrogens with zero attached hydrogens (tertiary/aromatic N) is 1. The Balaban J connectivity index is 2.28. The van der Waals surface area contributed by atoms with Gasteiger partial charge in [-0.25, -0.2) is 8.42 Å². The SMILES string of the molecule is CCOc1ccccc1NC(=O)[C@H](C)N(c1ccccc1)S(C)(=O)=O. The Bertz CT molecular complexity index is 822. The van der Waals surface area contributed by atoms with Crippen LogP contribution in [0.15, 0.2) is 54.6 Å². The molecule has 134 valence electrons. The monoisotopic (exact) mass is 362 g/mol. The van der Waals surface area contributed by atoms with Crippen LogP contribution in [0.3, 0.4) is 0 Å². The van der Waals surface area contributed by atoms with Crippen LogP contribution in [0.2, 0.25) is 0 Å². The van der Waals surface area contributed by atoms with Crippen molar-refractivity contribution in [3.63, 3.8) is 0 Å². The van der Waals surface area contributed by atoms with Crippen LogP contribution < -0.4 is 14.4 Å². The van der Waals surface area contributed by atoms with Crippen LogP contribution in [-0.2, 0) is 14.8 Å². The minimum absolute atomic E-state index is 0.436. The Labute approximate surface area is 148 Å². The van der Waals surface area contributed by atoms with Gasteiger partial charge in [0.1, 0.15) is 11.8 Å². The third-order valence-electron chi connectivity index (χ3n) is 3.54. The molecule has 0 fully saturated rings. The minimum atomic E-state index is -3.63. The van der Waals surface area contributed by atoms with Crippen molar-refractivity contribution in [2.24, 2.45) is 0 Å². The maximum Gasteiger partial charge on any atom is 0.248 e. The van der Waals surface area contributed by atoms with E-state index in [1.54, 1.807) is 61.5 Å². The van der Waals surface area contributed by atoms with E-state index in [0.29, 0.717) is 23.7 Å². The molecule has 1 atom stereocenters. The molecule has 0 unspecified atom stereocenters. The van der Waals surface area contributed by atoms with E-state index >= 15 is 0 Å². The lowest BCUT2D eigenvalue weighted by Gasteiger charge is -2.28. The highest BCUT2D eigenvalue weighted by Gasteiger charge is 2.29. The number of nitrogens with one attached hydrogen (secondary N) is 1. The Morgan fingerprint density at radius 1 is 1.12 bits per heavy atom. The highest BCUT2D eigenvalue weighted by Crippen LogP contribution is 2.25. The van der Waals surface area contributed by atoms with Crippen molar-refractivity contribution in [1.82, 2.24) is 0 Å². The van der Waals surface area contributed by atoms with Crippen molar-refractivity contribution < 1.29 is 17.9 Å². The maximum absolute atomic E-state index is 12.7. The van der Waals surface area contributed by atoms with Gasteiger partial charge in [-0.15, -0.1) is 0 Å². The zero-order valence-corrected chi connectivity index (χ0v) is 15.3. The van der Waals surface area contributed by atoms with Crippen LogP contribution in [0.4, 0.5) is 11.4 Å². The summed E-state index contributed by atoms with van der Waals surface area (Å²) in [5, 5.41) is 2.75. The first-order chi connectivity index (χ1) is 11.8. The number of anilines is 2. The quantitative estimate of drug-likeness (QED) is 0.822. The Kier molecular flexibility index (Phi) is 6.03. The highest BCUT2D eigenvalue weighted by molar-refractivity contribution is 7.92. The first kappa shape index (κ1) is 18.8. The van der Waals surface area contributed by atoms with E-state index < -0.39 is 22.0 Å². The number of hydrogen-bond acceptors (Lipinski definition) is 4. The van der Waals surface area contributed by atoms with Gasteiger partial charge >= 0.3 is 0 Å². The van der Waals surface area contributed by atoms with Crippen LogP contribution >= 0.6 is 0 Å². The number of rotatable bonds is 7. The number of carbonyl (C=O) groups excluding carboxylic acids is 1. The molecule has 0 aliphatic rings. The van der Waals surface area contributed by atoms with Gasteiger partial charge in [-0.2, -0.15) is 0 Å². The molecule has 6 nitrogen and oxygen atoms in total. The number of benzene rings is 2. The second kappa shape index (κ2) is 8.02. The molecule has 0 heterocycles. The molecule has 1 amide bonds. The zero-order chi connectivity index (χ0) is 18.4. The van der Waals surface area contributed by atoms with E-state index in [2.05, 4.69) is 5.32 Å². The van der Waals surface area contributed by atoms with E-state index in [4.69, 9.17) is 4.74 Å². The number of para-hydroxylation sites is 3. The number of ether oxygens (including phenoxy) is 1. The molecule has 2 aromatic carbocycles. The molecule has 2 rings (SSSR count). The second-order valence-electron chi connectivity index (χ2n) is 5.49. The molecule has 7 heteroatoms. The highest BCUT2D eigenvalue weighted by atomic mass is 32.2. The predicted molar refractivity (Wildman–Crippen MR) is 99.5 cm³/mol. The van der Waals surface area contributed by atoms with Crippen molar-refractivity contribution in [2.45, 2.75) is 19.9 Å². The molecule has 0 aromatic heterocycles. The van der Waals surface area contributed by atoms with Crippen molar-refractivity contribution >= 4 is 27.3 Å². The first-order valence-electron chi connectivity index (χ1n) is 7.91. The largest absolute Gasteiger partial charge is 0.492 e. The Morgan fingerprint density at radius 3 is 2.32 bits per heavy atom. The van der Waals surface area contributed by atoms with Gasteiger partial charge in [0.05, 0.1) is 24.2 Å². The Morgan fingerprint density at radius 2 is 1.72 bits per heavy atom. The van der Waals surface area contributed by atoms with Gasteiger partial charge in [0.15, 0.2) is 0 Å². The summed E-state index contributed by atoms with van der Waals surface area (Å²) in [6.45, 7) is 3.86. The summed E-state index contributed by atoms with van der Waals surface area (Å²) in [4.78, 5) is 12.7. The van der Waals surface area contributed by atoms with Gasteiger partial charge in [-0.1, -0.05) is 30.3 Å². The molecule has 2 aromatic rings. The van der Waals surface area contributed by atoms with Crippen LogP contribution in [0.25, 0.3) is 0 Å². The van der Waals surface area contributed by atoms with Crippen LogP contribution in [-0.4, -0.2) is 33.2 Å². The lowest BCUT2D eigenvalue weighted by molar-refractivity contribution is -0.116. The van der Waals surface area contributed by atoms with E-state index in [-0.39, 0.29) is 0 Å². The molecular weight excluding hydrogens is 340 g/mol. The van der Waals surface area contributed by atoms with Crippen molar-refractivity contribution in [1.29, 1.82) is 0 Å². The van der Waals surface area contributed by atoms with E-state index in [9.17, 15) is 13.2 Å². The number of sulfonamides is 1. The molecule has 0 saturated carbocycles. The first-order valence-corrected chi connectivity index (χ1v) is 9.76. The summed E-state index contributed by atoms with van der Waals surface area (Å²) in [6.07, 6.45) is 1.08. The lowest BCUT2D eigenvalue weighted by atomic mass is 10.2. The zero-order valence-electron chi connectivity index (χ0n) is 14.5. The topological polar surface area (TPSA) is 75.7 Å². The summed E-state index contributed by atoms with van der Waals surface area (Å²) in [6, 6.07) is 14.6. The van der Waals surface area contributed by atoms with Crippen LogP contribution in [0, 0.1) is 0 Å². The van der Waals surface area contributed by atoms with Gasteiger partial charge in [0, 0.05) is 0 Å². The fourth-order valence-electron chi connectivity index (χ4n) is 2.47.